The maximum Gasteiger partial charge on any atom is 0.288 e. The van der Waals surface area contributed by atoms with E-state index in [1.165, 1.54) is 0 Å². The Morgan fingerprint density at radius 1 is 1.50 bits per heavy atom. The standard InChI is InChI=1S/C16H17ClN6O/c1-2-13-20-14-12(4-3-6-23(14)21-13)19-16(24)15-18-9-11-8-10(17)5-7-22(11)15/h5,7-9,12H,2-4,6H2,1H3,(H,19,24)/t12-/m1/s1. The number of hydrogen-bond donors (Lipinski definition) is 1. The summed E-state index contributed by atoms with van der Waals surface area (Å²) < 4.78 is 3.63. The summed E-state index contributed by atoms with van der Waals surface area (Å²) in [5, 5.41) is 8.12. The average Bonchev–Trinajstić information content (AvgIpc) is 3.18. The van der Waals surface area contributed by atoms with Crippen LogP contribution in [0.15, 0.2) is 24.5 Å². The maximum absolute atomic E-state index is 12.7. The smallest absolute Gasteiger partial charge is 0.288 e. The number of nitrogens with one attached hydrogen (secondary N) is 1. The number of pyridine rings is 1. The van der Waals surface area contributed by atoms with E-state index in [2.05, 4.69) is 20.4 Å². The molecule has 0 fully saturated rings. The Bertz CT molecular complexity index is 915. The van der Waals surface area contributed by atoms with Gasteiger partial charge in [-0.15, -0.1) is 0 Å². The zero-order valence-corrected chi connectivity index (χ0v) is 14.0. The van der Waals surface area contributed by atoms with Crippen LogP contribution >= 0.6 is 11.6 Å². The molecule has 1 amide bonds. The van der Waals surface area contributed by atoms with Gasteiger partial charge in [0.1, 0.15) is 5.82 Å². The van der Waals surface area contributed by atoms with Gasteiger partial charge in [-0.2, -0.15) is 5.10 Å². The molecule has 1 aliphatic rings. The number of rotatable bonds is 3. The van der Waals surface area contributed by atoms with Gasteiger partial charge in [-0.3, -0.25) is 9.20 Å². The molecule has 0 saturated carbocycles. The minimum absolute atomic E-state index is 0.140. The molecule has 1 atom stereocenters. The van der Waals surface area contributed by atoms with Gasteiger partial charge in [-0.1, -0.05) is 18.5 Å². The van der Waals surface area contributed by atoms with E-state index in [0.717, 1.165) is 43.0 Å². The number of halogens is 1. The van der Waals surface area contributed by atoms with E-state index in [9.17, 15) is 4.79 Å². The molecule has 0 unspecified atom stereocenters. The highest BCUT2D eigenvalue weighted by atomic mass is 35.5. The number of fused-ring (bicyclic) bond motifs is 2. The second kappa shape index (κ2) is 5.90. The first-order chi connectivity index (χ1) is 11.7. The van der Waals surface area contributed by atoms with E-state index in [-0.39, 0.29) is 11.9 Å². The fraction of sp³-hybridized carbons (Fsp3) is 0.375. The van der Waals surface area contributed by atoms with Crippen LogP contribution in [0.4, 0.5) is 0 Å². The van der Waals surface area contributed by atoms with Gasteiger partial charge in [0.2, 0.25) is 5.82 Å². The Morgan fingerprint density at radius 2 is 2.38 bits per heavy atom. The van der Waals surface area contributed by atoms with E-state index in [0.29, 0.717) is 10.8 Å². The third-order valence-corrected chi connectivity index (χ3v) is 4.47. The molecule has 0 saturated heterocycles. The van der Waals surface area contributed by atoms with Crippen LogP contribution in [0.25, 0.3) is 5.52 Å². The fourth-order valence-electron chi connectivity index (χ4n) is 3.05. The van der Waals surface area contributed by atoms with Gasteiger partial charge in [0.25, 0.3) is 5.91 Å². The van der Waals surface area contributed by atoms with Gasteiger partial charge < -0.3 is 5.32 Å². The van der Waals surface area contributed by atoms with Gasteiger partial charge in [0, 0.05) is 24.2 Å². The molecule has 4 rings (SSSR count). The fourth-order valence-corrected chi connectivity index (χ4v) is 3.22. The molecule has 0 spiro atoms. The highest BCUT2D eigenvalue weighted by molar-refractivity contribution is 6.30. The van der Waals surface area contributed by atoms with E-state index in [1.807, 2.05) is 11.6 Å². The number of aryl methyl sites for hydroxylation is 2. The summed E-state index contributed by atoms with van der Waals surface area (Å²) in [6.07, 6.45) is 5.98. The van der Waals surface area contributed by atoms with Gasteiger partial charge in [0.05, 0.1) is 17.8 Å². The summed E-state index contributed by atoms with van der Waals surface area (Å²) in [6, 6.07) is 3.37. The van der Waals surface area contributed by atoms with E-state index in [1.54, 1.807) is 28.9 Å². The molecule has 0 aliphatic carbocycles. The van der Waals surface area contributed by atoms with Crippen molar-refractivity contribution in [2.75, 3.05) is 0 Å². The number of imidazole rings is 1. The summed E-state index contributed by atoms with van der Waals surface area (Å²) in [7, 11) is 0. The molecule has 0 bridgehead atoms. The lowest BCUT2D eigenvalue weighted by Gasteiger charge is -2.22. The molecular formula is C16H17ClN6O. The monoisotopic (exact) mass is 344 g/mol. The van der Waals surface area contributed by atoms with E-state index in [4.69, 9.17) is 11.6 Å². The van der Waals surface area contributed by atoms with Crippen molar-refractivity contribution in [3.05, 3.63) is 47.0 Å². The van der Waals surface area contributed by atoms with Crippen molar-refractivity contribution in [2.45, 2.75) is 38.8 Å². The number of carbonyl (C=O) groups is 1. The van der Waals surface area contributed by atoms with Gasteiger partial charge in [-0.25, -0.2) is 14.6 Å². The molecular weight excluding hydrogens is 328 g/mol. The van der Waals surface area contributed by atoms with Crippen molar-refractivity contribution in [1.29, 1.82) is 0 Å². The van der Waals surface area contributed by atoms with Crippen LogP contribution in [0.2, 0.25) is 5.02 Å². The lowest BCUT2D eigenvalue weighted by atomic mass is 10.1. The number of hydrogen-bond acceptors (Lipinski definition) is 4. The first-order valence-corrected chi connectivity index (χ1v) is 8.40. The van der Waals surface area contributed by atoms with Gasteiger partial charge in [0.15, 0.2) is 5.82 Å². The summed E-state index contributed by atoms with van der Waals surface area (Å²) in [5.74, 6) is 1.76. The van der Waals surface area contributed by atoms with E-state index >= 15 is 0 Å². The molecule has 24 heavy (non-hydrogen) atoms. The van der Waals surface area contributed by atoms with Crippen molar-refractivity contribution in [3.8, 4) is 0 Å². The Morgan fingerprint density at radius 3 is 3.21 bits per heavy atom. The van der Waals surface area contributed by atoms with Crippen LogP contribution in [0.5, 0.6) is 0 Å². The Hall–Kier alpha value is -2.41. The molecule has 1 aliphatic heterocycles. The highest BCUT2D eigenvalue weighted by Crippen LogP contribution is 2.24. The van der Waals surface area contributed by atoms with Crippen LogP contribution in [0.1, 0.15) is 48.1 Å². The lowest BCUT2D eigenvalue weighted by Crippen LogP contribution is -2.34. The zero-order valence-electron chi connectivity index (χ0n) is 13.2. The molecule has 1 N–H and O–H groups in total. The number of amides is 1. The number of nitrogens with zero attached hydrogens (tertiary/aromatic N) is 5. The number of carbonyl (C=O) groups excluding carboxylic acids is 1. The van der Waals surface area contributed by atoms with Gasteiger partial charge >= 0.3 is 0 Å². The third kappa shape index (κ3) is 2.54. The first kappa shape index (κ1) is 15.1. The molecule has 7 nitrogen and oxygen atoms in total. The summed E-state index contributed by atoms with van der Waals surface area (Å²) in [4.78, 5) is 21.5. The summed E-state index contributed by atoms with van der Waals surface area (Å²) in [5.41, 5.74) is 0.785. The lowest BCUT2D eigenvalue weighted by molar-refractivity contribution is 0.0916. The normalized spacial score (nSPS) is 17.0. The Labute approximate surface area is 143 Å². The number of aromatic nitrogens is 5. The van der Waals surface area contributed by atoms with Crippen molar-refractivity contribution >= 4 is 23.0 Å². The topological polar surface area (TPSA) is 77.1 Å². The average molecular weight is 345 g/mol. The maximum atomic E-state index is 12.7. The van der Waals surface area contributed by atoms with Gasteiger partial charge in [-0.05, 0) is 25.0 Å². The van der Waals surface area contributed by atoms with Crippen molar-refractivity contribution in [2.24, 2.45) is 0 Å². The summed E-state index contributed by atoms with van der Waals surface area (Å²) in [6.45, 7) is 2.87. The minimum Gasteiger partial charge on any atom is -0.339 e. The van der Waals surface area contributed by atoms with E-state index < -0.39 is 0 Å². The molecule has 3 aromatic heterocycles. The van der Waals surface area contributed by atoms with Crippen LogP contribution in [-0.4, -0.2) is 30.1 Å². The molecule has 124 valence electrons. The Balaban J connectivity index is 1.61. The van der Waals surface area contributed by atoms with Crippen molar-refractivity contribution in [3.63, 3.8) is 0 Å². The molecule has 0 radical (unpaired) electrons. The highest BCUT2D eigenvalue weighted by Gasteiger charge is 2.27. The summed E-state index contributed by atoms with van der Waals surface area (Å²) >= 11 is 5.98. The first-order valence-electron chi connectivity index (χ1n) is 8.03. The van der Waals surface area contributed by atoms with Crippen LogP contribution in [0, 0.1) is 0 Å². The predicted molar refractivity (Wildman–Crippen MR) is 89.0 cm³/mol. The largest absolute Gasteiger partial charge is 0.339 e. The molecule has 8 heteroatoms. The van der Waals surface area contributed by atoms with Crippen molar-refractivity contribution < 1.29 is 4.79 Å². The SMILES string of the molecule is CCc1nc2n(n1)CCC[C@H]2NC(=O)c1ncc2cc(Cl)ccn12. The predicted octanol–water partition coefficient (Wildman–Crippen LogP) is 2.41. The minimum atomic E-state index is -0.225. The molecule has 4 heterocycles. The van der Waals surface area contributed by atoms with Crippen molar-refractivity contribution in [1.82, 2.24) is 29.5 Å². The molecule has 0 aromatic carbocycles. The van der Waals surface area contributed by atoms with Crippen LogP contribution < -0.4 is 5.32 Å². The Kier molecular flexibility index (Phi) is 3.72. The zero-order chi connectivity index (χ0) is 16.7. The third-order valence-electron chi connectivity index (χ3n) is 4.24. The van der Waals surface area contributed by atoms with Crippen LogP contribution in [-0.2, 0) is 13.0 Å². The second-order valence-corrected chi connectivity index (χ2v) is 6.29. The molecule has 3 aromatic rings. The second-order valence-electron chi connectivity index (χ2n) is 5.85. The van der Waals surface area contributed by atoms with Crippen LogP contribution in [0.3, 0.4) is 0 Å². The quantitative estimate of drug-likeness (QED) is 0.791.